The zero-order valence-electron chi connectivity index (χ0n) is 8.63. The summed E-state index contributed by atoms with van der Waals surface area (Å²) >= 11 is 1.75. The molecule has 0 fully saturated rings. The molecule has 0 N–H and O–H groups in total. The maximum atomic E-state index is 5.41. The van der Waals surface area contributed by atoms with Gasteiger partial charge in [-0.15, -0.1) is 11.3 Å². The molecule has 0 radical (unpaired) electrons. The number of ether oxygens (including phenoxy) is 1. The number of nitrogens with zero attached hydrogens (tertiary/aromatic N) is 1. The monoisotopic (exact) mass is 207 g/mol. The number of aryl methyl sites for hydroxylation is 2. The normalized spacial score (nSPS) is 10.8. The minimum Gasteiger partial charge on any atom is -0.478 e. The lowest BCUT2D eigenvalue weighted by Crippen LogP contribution is -1.95. The molecule has 0 saturated carbocycles. The van der Waals surface area contributed by atoms with Gasteiger partial charge in [0.2, 0.25) is 5.88 Å². The van der Waals surface area contributed by atoms with Crippen LogP contribution in [0.4, 0.5) is 0 Å². The molecule has 0 aromatic carbocycles. The number of hydrogen-bond acceptors (Lipinski definition) is 3. The fourth-order valence-corrected chi connectivity index (χ4v) is 2.44. The van der Waals surface area contributed by atoms with E-state index in [1.165, 1.54) is 15.8 Å². The first-order valence-corrected chi connectivity index (χ1v) is 5.58. The molecule has 14 heavy (non-hydrogen) atoms. The molecule has 3 heteroatoms. The summed E-state index contributed by atoms with van der Waals surface area (Å²) in [6, 6.07) is 2.00. The summed E-state index contributed by atoms with van der Waals surface area (Å²) in [5, 5.41) is 2.14. The molecule has 0 atom stereocenters. The van der Waals surface area contributed by atoms with Crippen LogP contribution < -0.4 is 4.74 Å². The number of thiophene rings is 1. The van der Waals surface area contributed by atoms with Crippen molar-refractivity contribution >= 4 is 21.6 Å². The Balaban J connectivity index is 2.63. The predicted octanol–water partition coefficient (Wildman–Crippen LogP) is 3.31. The van der Waals surface area contributed by atoms with Crippen molar-refractivity contribution in [2.24, 2.45) is 0 Å². The average Bonchev–Trinajstić information content (AvgIpc) is 2.49. The average molecular weight is 207 g/mol. The summed E-state index contributed by atoms with van der Waals surface area (Å²) < 4.78 is 6.68. The lowest BCUT2D eigenvalue weighted by molar-refractivity contribution is 0.328. The van der Waals surface area contributed by atoms with Crippen LogP contribution >= 0.6 is 11.3 Å². The van der Waals surface area contributed by atoms with Crippen LogP contribution in [-0.2, 0) is 0 Å². The molecule has 2 rings (SSSR count). The fraction of sp³-hybridized carbons (Fsp3) is 0.364. The maximum Gasteiger partial charge on any atom is 0.214 e. The van der Waals surface area contributed by atoms with Crippen LogP contribution in [-0.4, -0.2) is 11.6 Å². The summed E-state index contributed by atoms with van der Waals surface area (Å²) in [6.07, 6.45) is 0. The Labute approximate surface area is 87.5 Å². The summed E-state index contributed by atoms with van der Waals surface area (Å²) in [6.45, 7) is 6.83. The first-order valence-electron chi connectivity index (χ1n) is 4.70. The third-order valence-electron chi connectivity index (χ3n) is 2.15. The highest BCUT2D eigenvalue weighted by atomic mass is 32.1. The molecule has 2 aromatic rings. The summed E-state index contributed by atoms with van der Waals surface area (Å²) in [7, 11) is 0. The van der Waals surface area contributed by atoms with E-state index in [-0.39, 0.29) is 0 Å². The van der Waals surface area contributed by atoms with Gasteiger partial charge in [0.05, 0.1) is 16.8 Å². The third kappa shape index (κ3) is 1.48. The molecule has 2 aromatic heterocycles. The topological polar surface area (TPSA) is 22.1 Å². The van der Waals surface area contributed by atoms with Crippen molar-refractivity contribution in [3.05, 3.63) is 22.6 Å². The number of aromatic nitrogens is 1. The second kappa shape index (κ2) is 3.58. The largest absolute Gasteiger partial charge is 0.478 e. The first kappa shape index (κ1) is 9.46. The zero-order chi connectivity index (χ0) is 10.1. The third-order valence-corrected chi connectivity index (χ3v) is 3.38. The number of hydrogen-bond donors (Lipinski definition) is 0. The van der Waals surface area contributed by atoms with Gasteiger partial charge in [-0.25, -0.2) is 4.98 Å². The van der Waals surface area contributed by atoms with Gasteiger partial charge < -0.3 is 4.74 Å². The van der Waals surface area contributed by atoms with Crippen LogP contribution in [0.25, 0.3) is 10.2 Å². The molecule has 2 nitrogen and oxygen atoms in total. The van der Waals surface area contributed by atoms with E-state index in [1.807, 2.05) is 13.0 Å². The van der Waals surface area contributed by atoms with Gasteiger partial charge in [-0.05, 0) is 37.3 Å². The minimum atomic E-state index is 0.668. The molecule has 0 unspecified atom stereocenters. The van der Waals surface area contributed by atoms with E-state index in [9.17, 15) is 0 Å². The van der Waals surface area contributed by atoms with E-state index < -0.39 is 0 Å². The van der Waals surface area contributed by atoms with Crippen molar-refractivity contribution in [3.8, 4) is 5.88 Å². The molecule has 0 aliphatic heterocycles. The van der Waals surface area contributed by atoms with Gasteiger partial charge in [0.25, 0.3) is 0 Å². The number of rotatable bonds is 2. The van der Waals surface area contributed by atoms with Crippen molar-refractivity contribution in [3.63, 3.8) is 0 Å². The Morgan fingerprint density at radius 2 is 2.14 bits per heavy atom. The number of pyridine rings is 1. The molecule has 74 valence electrons. The van der Waals surface area contributed by atoms with Crippen LogP contribution in [0.2, 0.25) is 0 Å². The van der Waals surface area contributed by atoms with Crippen LogP contribution in [0.3, 0.4) is 0 Å². The standard InChI is InChI=1S/C11H13NOS/c1-4-13-9-5-7(2)11-10(12-9)8(3)6-14-11/h5-6H,4H2,1-3H3. The fourth-order valence-electron chi connectivity index (χ4n) is 1.47. The van der Waals surface area contributed by atoms with Crippen molar-refractivity contribution in [2.75, 3.05) is 6.61 Å². The van der Waals surface area contributed by atoms with Gasteiger partial charge in [0.1, 0.15) is 0 Å². The molecular formula is C11H13NOS. The van der Waals surface area contributed by atoms with Gasteiger partial charge >= 0.3 is 0 Å². The Bertz CT molecular complexity index is 462. The van der Waals surface area contributed by atoms with Crippen molar-refractivity contribution < 1.29 is 4.74 Å². The predicted molar refractivity (Wildman–Crippen MR) is 60.3 cm³/mol. The van der Waals surface area contributed by atoms with Crippen molar-refractivity contribution in [1.29, 1.82) is 0 Å². The quantitative estimate of drug-likeness (QED) is 0.753. The zero-order valence-corrected chi connectivity index (χ0v) is 9.44. The van der Waals surface area contributed by atoms with Crippen LogP contribution in [0, 0.1) is 13.8 Å². The number of fused-ring (bicyclic) bond motifs is 1. The molecular weight excluding hydrogens is 194 g/mol. The summed E-state index contributed by atoms with van der Waals surface area (Å²) in [5.74, 6) is 0.735. The van der Waals surface area contributed by atoms with Crippen LogP contribution in [0.1, 0.15) is 18.1 Å². The van der Waals surface area contributed by atoms with Gasteiger partial charge in [0.15, 0.2) is 0 Å². The molecule has 0 spiro atoms. The summed E-state index contributed by atoms with van der Waals surface area (Å²) in [4.78, 5) is 4.47. The second-order valence-corrected chi connectivity index (χ2v) is 4.19. The minimum absolute atomic E-state index is 0.668. The highest BCUT2D eigenvalue weighted by Gasteiger charge is 2.07. The Kier molecular flexibility index (Phi) is 2.42. The molecule has 2 heterocycles. The van der Waals surface area contributed by atoms with E-state index in [2.05, 4.69) is 24.2 Å². The molecule has 0 amide bonds. The Hall–Kier alpha value is -1.09. The molecule has 0 aliphatic carbocycles. The van der Waals surface area contributed by atoms with Gasteiger partial charge in [-0.2, -0.15) is 0 Å². The Morgan fingerprint density at radius 3 is 2.86 bits per heavy atom. The summed E-state index contributed by atoms with van der Waals surface area (Å²) in [5.41, 5.74) is 3.56. The highest BCUT2D eigenvalue weighted by Crippen LogP contribution is 2.29. The van der Waals surface area contributed by atoms with E-state index in [0.717, 1.165) is 11.4 Å². The maximum absolute atomic E-state index is 5.41. The molecule has 0 saturated heterocycles. The van der Waals surface area contributed by atoms with Gasteiger partial charge in [-0.1, -0.05) is 0 Å². The highest BCUT2D eigenvalue weighted by molar-refractivity contribution is 7.17. The Morgan fingerprint density at radius 1 is 1.36 bits per heavy atom. The SMILES string of the molecule is CCOc1cc(C)c2scc(C)c2n1. The van der Waals surface area contributed by atoms with E-state index in [1.54, 1.807) is 11.3 Å². The lowest BCUT2D eigenvalue weighted by atomic mass is 10.2. The second-order valence-electron chi connectivity index (χ2n) is 3.31. The first-order chi connectivity index (χ1) is 6.72. The molecule has 0 bridgehead atoms. The van der Waals surface area contributed by atoms with Crippen molar-refractivity contribution in [1.82, 2.24) is 4.98 Å². The van der Waals surface area contributed by atoms with E-state index in [4.69, 9.17) is 4.74 Å². The van der Waals surface area contributed by atoms with Crippen LogP contribution in [0.15, 0.2) is 11.4 Å². The smallest absolute Gasteiger partial charge is 0.214 e. The lowest BCUT2D eigenvalue weighted by Gasteiger charge is -2.04. The van der Waals surface area contributed by atoms with Gasteiger partial charge in [0, 0.05) is 6.07 Å². The van der Waals surface area contributed by atoms with E-state index >= 15 is 0 Å². The van der Waals surface area contributed by atoms with Crippen LogP contribution in [0.5, 0.6) is 5.88 Å². The van der Waals surface area contributed by atoms with Crippen molar-refractivity contribution in [2.45, 2.75) is 20.8 Å². The molecule has 0 aliphatic rings. The van der Waals surface area contributed by atoms with E-state index in [0.29, 0.717) is 6.61 Å². The van der Waals surface area contributed by atoms with Gasteiger partial charge in [-0.3, -0.25) is 0 Å².